The lowest BCUT2D eigenvalue weighted by Crippen LogP contribution is -2.23. The van der Waals surface area contributed by atoms with Gasteiger partial charge in [-0.05, 0) is 11.6 Å². The lowest BCUT2D eigenvalue weighted by atomic mass is 10.1. The van der Waals surface area contributed by atoms with E-state index in [0.717, 1.165) is 31.9 Å². The number of anilines is 1. The van der Waals surface area contributed by atoms with Crippen LogP contribution in [-0.2, 0) is 20.6 Å². The van der Waals surface area contributed by atoms with E-state index in [2.05, 4.69) is 25.6 Å². The SMILES string of the molecule is CNc1nc2nc(-c3cccc(CNC(=O)c4cn(C)cn4)c3)sc2c2c1ncn2C. The van der Waals surface area contributed by atoms with E-state index in [1.807, 2.05) is 50.0 Å². The maximum absolute atomic E-state index is 12.3. The molecule has 0 aliphatic carbocycles. The Hall–Kier alpha value is -3.79. The maximum atomic E-state index is 12.3. The molecule has 31 heavy (non-hydrogen) atoms. The van der Waals surface area contributed by atoms with Crippen molar-refractivity contribution < 1.29 is 4.79 Å². The predicted molar refractivity (Wildman–Crippen MR) is 121 cm³/mol. The Morgan fingerprint density at radius 2 is 2.03 bits per heavy atom. The minimum Gasteiger partial charge on any atom is -0.371 e. The number of imidazole rings is 2. The van der Waals surface area contributed by atoms with E-state index < -0.39 is 0 Å². The molecule has 0 spiro atoms. The van der Waals surface area contributed by atoms with Crippen LogP contribution in [0.5, 0.6) is 0 Å². The van der Waals surface area contributed by atoms with Gasteiger partial charge in [0.1, 0.15) is 20.9 Å². The van der Waals surface area contributed by atoms with E-state index >= 15 is 0 Å². The van der Waals surface area contributed by atoms with Crippen molar-refractivity contribution in [2.75, 3.05) is 12.4 Å². The van der Waals surface area contributed by atoms with Gasteiger partial charge >= 0.3 is 0 Å². The molecule has 0 radical (unpaired) electrons. The third kappa shape index (κ3) is 3.40. The number of nitrogens with zero attached hydrogens (tertiary/aromatic N) is 6. The molecular formula is C21H20N8OS. The van der Waals surface area contributed by atoms with Crippen molar-refractivity contribution in [1.29, 1.82) is 0 Å². The van der Waals surface area contributed by atoms with Crippen LogP contribution in [0.4, 0.5) is 5.82 Å². The molecule has 9 nitrogen and oxygen atoms in total. The van der Waals surface area contributed by atoms with Gasteiger partial charge in [-0.2, -0.15) is 0 Å². The van der Waals surface area contributed by atoms with Crippen LogP contribution in [-0.4, -0.2) is 42.0 Å². The van der Waals surface area contributed by atoms with Crippen molar-refractivity contribution >= 4 is 44.4 Å². The third-order valence-corrected chi connectivity index (χ3v) is 6.11. The Kier molecular flexibility index (Phi) is 4.63. The monoisotopic (exact) mass is 432 g/mol. The van der Waals surface area contributed by atoms with Gasteiger partial charge in [0.25, 0.3) is 5.91 Å². The summed E-state index contributed by atoms with van der Waals surface area (Å²) in [4.78, 5) is 30.3. The summed E-state index contributed by atoms with van der Waals surface area (Å²) < 4.78 is 4.74. The van der Waals surface area contributed by atoms with Gasteiger partial charge in [-0.1, -0.05) is 18.2 Å². The van der Waals surface area contributed by atoms with Crippen molar-refractivity contribution in [2.45, 2.75) is 6.54 Å². The zero-order chi connectivity index (χ0) is 21.5. The standard InChI is InChI=1S/C21H20N8OS/c1-22-18-15-16(29(3)11-25-15)17-19(26-18)27-21(31-17)13-6-4-5-12(7-13)8-23-20(30)14-9-28(2)10-24-14/h4-7,9-11H,8H2,1-3H3,(H,22,26)(H,23,30). The first-order valence-corrected chi connectivity index (χ1v) is 10.5. The molecule has 0 unspecified atom stereocenters. The summed E-state index contributed by atoms with van der Waals surface area (Å²) in [6.07, 6.45) is 5.09. The molecule has 0 aliphatic rings. The number of pyridine rings is 1. The average Bonchev–Trinajstić information content (AvgIpc) is 3.49. The van der Waals surface area contributed by atoms with Crippen molar-refractivity contribution in [1.82, 2.24) is 34.4 Å². The average molecular weight is 433 g/mol. The fourth-order valence-electron chi connectivity index (χ4n) is 3.49. The summed E-state index contributed by atoms with van der Waals surface area (Å²) >= 11 is 1.59. The Labute approximate surface area is 181 Å². The van der Waals surface area contributed by atoms with Gasteiger partial charge in [0, 0.05) is 39.4 Å². The van der Waals surface area contributed by atoms with Gasteiger partial charge in [-0.15, -0.1) is 11.3 Å². The fraction of sp³-hybridized carbons (Fsp3) is 0.190. The molecule has 0 saturated carbocycles. The van der Waals surface area contributed by atoms with Gasteiger partial charge in [0.2, 0.25) is 0 Å². The molecule has 10 heteroatoms. The number of aryl methyl sites for hydroxylation is 2. The summed E-state index contributed by atoms with van der Waals surface area (Å²) in [6.45, 7) is 0.405. The van der Waals surface area contributed by atoms with E-state index in [1.165, 1.54) is 0 Å². The van der Waals surface area contributed by atoms with Crippen LogP contribution in [0.1, 0.15) is 16.1 Å². The van der Waals surface area contributed by atoms with Gasteiger partial charge in [-0.25, -0.2) is 19.9 Å². The highest BCUT2D eigenvalue weighted by molar-refractivity contribution is 7.22. The van der Waals surface area contributed by atoms with Gasteiger partial charge in [0.15, 0.2) is 11.5 Å². The van der Waals surface area contributed by atoms with Crippen LogP contribution >= 0.6 is 11.3 Å². The molecule has 4 heterocycles. The normalized spacial score (nSPS) is 11.3. The highest BCUT2D eigenvalue weighted by Gasteiger charge is 2.17. The largest absolute Gasteiger partial charge is 0.371 e. The van der Waals surface area contributed by atoms with E-state index in [4.69, 9.17) is 4.98 Å². The molecule has 1 aromatic carbocycles. The second kappa shape index (κ2) is 7.47. The Balaban J connectivity index is 1.46. The molecule has 156 valence electrons. The van der Waals surface area contributed by atoms with Crippen LogP contribution in [0, 0.1) is 0 Å². The summed E-state index contributed by atoms with van der Waals surface area (Å²) in [7, 11) is 5.63. The predicted octanol–water partition coefficient (Wildman–Crippen LogP) is 2.95. The summed E-state index contributed by atoms with van der Waals surface area (Å²) in [5, 5.41) is 6.89. The van der Waals surface area contributed by atoms with Crippen LogP contribution in [0.2, 0.25) is 0 Å². The van der Waals surface area contributed by atoms with E-state index in [-0.39, 0.29) is 5.91 Å². The van der Waals surface area contributed by atoms with Crippen molar-refractivity contribution in [3.63, 3.8) is 0 Å². The number of aromatic nitrogens is 6. The highest BCUT2D eigenvalue weighted by atomic mass is 32.1. The second-order valence-corrected chi connectivity index (χ2v) is 8.24. The number of nitrogens with one attached hydrogen (secondary N) is 2. The van der Waals surface area contributed by atoms with E-state index in [1.54, 1.807) is 34.8 Å². The zero-order valence-corrected chi connectivity index (χ0v) is 18.1. The first-order chi connectivity index (χ1) is 15.0. The minimum atomic E-state index is -0.201. The summed E-state index contributed by atoms with van der Waals surface area (Å²) in [6, 6.07) is 8.00. The lowest BCUT2D eigenvalue weighted by molar-refractivity contribution is 0.0946. The van der Waals surface area contributed by atoms with Crippen molar-refractivity contribution in [2.24, 2.45) is 14.1 Å². The Morgan fingerprint density at radius 3 is 2.81 bits per heavy atom. The Morgan fingerprint density at radius 1 is 1.16 bits per heavy atom. The van der Waals surface area contributed by atoms with Crippen LogP contribution in [0.25, 0.3) is 32.0 Å². The number of rotatable bonds is 5. The number of hydrogen-bond acceptors (Lipinski definition) is 7. The van der Waals surface area contributed by atoms with Gasteiger partial charge < -0.3 is 19.8 Å². The molecule has 2 N–H and O–H groups in total. The lowest BCUT2D eigenvalue weighted by Gasteiger charge is -2.05. The zero-order valence-electron chi connectivity index (χ0n) is 17.2. The maximum Gasteiger partial charge on any atom is 0.271 e. The molecule has 1 amide bonds. The smallest absolute Gasteiger partial charge is 0.271 e. The topological polar surface area (TPSA) is 103 Å². The first kappa shape index (κ1) is 19.2. The summed E-state index contributed by atoms with van der Waals surface area (Å²) in [5.41, 5.74) is 4.89. The minimum absolute atomic E-state index is 0.201. The molecule has 0 atom stereocenters. The molecule has 0 bridgehead atoms. The van der Waals surface area contributed by atoms with Gasteiger partial charge in [-0.3, -0.25) is 4.79 Å². The third-order valence-electron chi connectivity index (χ3n) is 5.00. The van der Waals surface area contributed by atoms with Crippen LogP contribution in [0.3, 0.4) is 0 Å². The van der Waals surface area contributed by atoms with Crippen molar-refractivity contribution in [3.05, 3.63) is 54.4 Å². The molecule has 5 rings (SSSR count). The number of benzene rings is 1. The molecule has 5 aromatic rings. The van der Waals surface area contributed by atoms with E-state index in [9.17, 15) is 4.79 Å². The second-order valence-electron chi connectivity index (χ2n) is 7.24. The molecule has 0 aliphatic heterocycles. The number of carbonyl (C=O) groups is 1. The summed E-state index contributed by atoms with van der Waals surface area (Å²) in [5.74, 6) is 0.513. The number of thiazole rings is 1. The van der Waals surface area contributed by atoms with Crippen LogP contribution in [0.15, 0.2) is 43.1 Å². The molecular weight excluding hydrogens is 412 g/mol. The number of hydrogen-bond donors (Lipinski definition) is 2. The fourth-order valence-corrected chi connectivity index (χ4v) is 4.58. The molecule has 4 aromatic heterocycles. The number of fused-ring (bicyclic) bond motifs is 3. The number of amides is 1. The van der Waals surface area contributed by atoms with Crippen LogP contribution < -0.4 is 10.6 Å². The van der Waals surface area contributed by atoms with Gasteiger partial charge in [0.05, 0.1) is 18.2 Å². The first-order valence-electron chi connectivity index (χ1n) is 9.68. The Bertz CT molecular complexity index is 1430. The van der Waals surface area contributed by atoms with Crippen molar-refractivity contribution in [3.8, 4) is 10.6 Å². The number of carbonyl (C=O) groups excluding carboxylic acids is 1. The highest BCUT2D eigenvalue weighted by Crippen LogP contribution is 2.36. The molecule has 0 fully saturated rings. The quantitative estimate of drug-likeness (QED) is 0.443. The molecule has 0 saturated heterocycles. The van der Waals surface area contributed by atoms with E-state index in [0.29, 0.717) is 23.7 Å².